The minimum Gasteiger partial charge on any atom is -0.383 e. The van der Waals surface area contributed by atoms with Crippen molar-refractivity contribution in [1.82, 2.24) is 20.9 Å². The van der Waals surface area contributed by atoms with Crippen molar-refractivity contribution >= 4 is 35.8 Å². The number of nitrogens with zero attached hydrogens (tertiary/aromatic N) is 2. The third kappa shape index (κ3) is 8.32. The summed E-state index contributed by atoms with van der Waals surface area (Å²) in [7, 11) is 3.34. The molecule has 8 heteroatoms. The van der Waals surface area contributed by atoms with Gasteiger partial charge in [0.1, 0.15) is 0 Å². The molecule has 0 spiro atoms. The van der Waals surface area contributed by atoms with Crippen LogP contribution in [0.4, 0.5) is 0 Å². The molecule has 1 saturated heterocycles. The molecule has 1 aliphatic rings. The summed E-state index contributed by atoms with van der Waals surface area (Å²) in [6, 6.07) is 11.4. The summed E-state index contributed by atoms with van der Waals surface area (Å²) in [4.78, 5) is 18.5. The van der Waals surface area contributed by atoms with Gasteiger partial charge in [-0.3, -0.25) is 14.7 Å². The molecule has 0 aromatic heterocycles. The van der Waals surface area contributed by atoms with Gasteiger partial charge in [-0.25, -0.2) is 0 Å². The fourth-order valence-electron chi connectivity index (χ4n) is 3.28. The van der Waals surface area contributed by atoms with Gasteiger partial charge in [0.15, 0.2) is 5.96 Å². The molecule has 0 saturated carbocycles. The fourth-order valence-corrected chi connectivity index (χ4v) is 3.28. The van der Waals surface area contributed by atoms with Crippen LogP contribution < -0.4 is 16.0 Å². The number of hydrogen-bond acceptors (Lipinski definition) is 4. The summed E-state index contributed by atoms with van der Waals surface area (Å²) in [5, 5.41) is 9.30. The molecule has 7 nitrogen and oxygen atoms in total. The van der Waals surface area contributed by atoms with E-state index in [0.29, 0.717) is 31.2 Å². The lowest BCUT2D eigenvalue weighted by Gasteiger charge is -2.37. The van der Waals surface area contributed by atoms with Crippen LogP contribution in [0.25, 0.3) is 0 Å². The minimum absolute atomic E-state index is 0. The van der Waals surface area contributed by atoms with Crippen molar-refractivity contribution in [2.45, 2.75) is 31.8 Å². The highest BCUT2D eigenvalue weighted by molar-refractivity contribution is 14.0. The number of aliphatic imine (C=N–C) groups is 1. The molecule has 1 amide bonds. The van der Waals surface area contributed by atoms with E-state index in [1.807, 2.05) is 0 Å². The number of ether oxygens (including phenoxy) is 1. The topological polar surface area (TPSA) is 78.0 Å². The van der Waals surface area contributed by atoms with Crippen molar-refractivity contribution in [3.05, 3.63) is 35.9 Å². The monoisotopic (exact) mass is 503 g/mol. The number of methoxy groups -OCH3 is 1. The lowest BCUT2D eigenvalue weighted by molar-refractivity contribution is -0.120. The minimum atomic E-state index is -0.0681. The SMILES string of the molecule is CN=C(NCC(=O)NCCOC)NC1CCN(C(C)c2ccccc2)CC1.I. The van der Waals surface area contributed by atoms with Gasteiger partial charge < -0.3 is 20.7 Å². The summed E-state index contributed by atoms with van der Waals surface area (Å²) >= 11 is 0. The van der Waals surface area contributed by atoms with E-state index >= 15 is 0 Å². The smallest absolute Gasteiger partial charge is 0.239 e. The van der Waals surface area contributed by atoms with Crippen LogP contribution in [0.3, 0.4) is 0 Å². The maximum Gasteiger partial charge on any atom is 0.239 e. The highest BCUT2D eigenvalue weighted by Gasteiger charge is 2.24. The summed E-state index contributed by atoms with van der Waals surface area (Å²) < 4.78 is 4.92. The first-order valence-electron chi connectivity index (χ1n) is 9.66. The first kappa shape index (κ1) is 24.6. The average molecular weight is 503 g/mol. The number of likely N-dealkylation sites (tertiary alicyclic amines) is 1. The Kier molecular flexibility index (Phi) is 12.1. The molecule has 1 fully saturated rings. The van der Waals surface area contributed by atoms with Crippen LogP contribution in [-0.4, -0.2) is 69.8 Å². The van der Waals surface area contributed by atoms with E-state index in [1.54, 1.807) is 14.2 Å². The van der Waals surface area contributed by atoms with Gasteiger partial charge in [0.05, 0.1) is 13.2 Å². The predicted octanol–water partition coefficient (Wildman–Crippen LogP) is 1.76. The third-order valence-corrected chi connectivity index (χ3v) is 4.97. The highest BCUT2D eigenvalue weighted by atomic mass is 127. The molecule has 2 rings (SSSR count). The van der Waals surface area contributed by atoms with E-state index in [2.05, 4.69) is 63.1 Å². The molecule has 1 aliphatic heterocycles. The number of benzene rings is 1. The second-order valence-electron chi connectivity index (χ2n) is 6.81. The van der Waals surface area contributed by atoms with E-state index in [-0.39, 0.29) is 36.4 Å². The Bertz CT molecular complexity index is 592. The first-order chi connectivity index (χ1) is 13.1. The third-order valence-electron chi connectivity index (χ3n) is 4.97. The van der Waals surface area contributed by atoms with Crippen molar-refractivity contribution < 1.29 is 9.53 Å². The van der Waals surface area contributed by atoms with Gasteiger partial charge in [-0.1, -0.05) is 30.3 Å². The van der Waals surface area contributed by atoms with Gasteiger partial charge in [0.25, 0.3) is 0 Å². The Morgan fingerprint density at radius 1 is 1.25 bits per heavy atom. The van der Waals surface area contributed by atoms with Crippen molar-refractivity contribution in [2.75, 3.05) is 46.9 Å². The van der Waals surface area contributed by atoms with Crippen LogP contribution in [0, 0.1) is 0 Å². The molecule has 0 radical (unpaired) electrons. The quantitative estimate of drug-likeness (QED) is 0.218. The lowest BCUT2D eigenvalue weighted by atomic mass is 10.0. The van der Waals surface area contributed by atoms with Crippen molar-refractivity contribution in [2.24, 2.45) is 4.99 Å². The molecule has 0 bridgehead atoms. The summed E-state index contributed by atoms with van der Waals surface area (Å²) in [6.07, 6.45) is 2.11. The van der Waals surface area contributed by atoms with Crippen LogP contribution in [0.15, 0.2) is 35.3 Å². The zero-order chi connectivity index (χ0) is 19.5. The second kappa shape index (κ2) is 13.7. The van der Waals surface area contributed by atoms with Gasteiger partial charge in [-0.15, -0.1) is 24.0 Å². The Labute approximate surface area is 185 Å². The first-order valence-corrected chi connectivity index (χ1v) is 9.66. The van der Waals surface area contributed by atoms with Crippen molar-refractivity contribution in [3.8, 4) is 0 Å². The Morgan fingerprint density at radius 3 is 2.54 bits per heavy atom. The molecule has 1 aromatic rings. The zero-order valence-corrected chi connectivity index (χ0v) is 19.4. The molecule has 0 aliphatic carbocycles. The van der Waals surface area contributed by atoms with E-state index in [0.717, 1.165) is 25.9 Å². The molecule has 3 N–H and O–H groups in total. The zero-order valence-electron chi connectivity index (χ0n) is 17.1. The van der Waals surface area contributed by atoms with E-state index < -0.39 is 0 Å². The Morgan fingerprint density at radius 2 is 1.93 bits per heavy atom. The van der Waals surface area contributed by atoms with E-state index in [4.69, 9.17) is 4.74 Å². The molecule has 1 aromatic carbocycles. The fraction of sp³-hybridized carbons (Fsp3) is 0.600. The molecule has 1 heterocycles. The van der Waals surface area contributed by atoms with Crippen molar-refractivity contribution in [1.29, 1.82) is 0 Å². The number of amides is 1. The number of hydrogen-bond donors (Lipinski definition) is 3. The summed E-state index contributed by atoms with van der Waals surface area (Å²) in [5.41, 5.74) is 1.36. The van der Waals surface area contributed by atoms with Gasteiger partial charge in [0.2, 0.25) is 5.91 Å². The molecule has 1 atom stereocenters. The number of carbonyl (C=O) groups excluding carboxylic acids is 1. The maximum atomic E-state index is 11.8. The highest BCUT2D eigenvalue weighted by Crippen LogP contribution is 2.23. The molecule has 158 valence electrons. The summed E-state index contributed by atoms with van der Waals surface area (Å²) in [6.45, 7) is 5.59. The number of rotatable bonds is 8. The van der Waals surface area contributed by atoms with Crippen LogP contribution in [-0.2, 0) is 9.53 Å². The Balaban J connectivity index is 0.00000392. The Hall–Kier alpha value is -1.39. The number of nitrogens with one attached hydrogen (secondary N) is 3. The lowest BCUT2D eigenvalue weighted by Crippen LogP contribution is -2.50. The van der Waals surface area contributed by atoms with Gasteiger partial charge >= 0.3 is 0 Å². The number of halogens is 1. The van der Waals surface area contributed by atoms with Crippen molar-refractivity contribution in [3.63, 3.8) is 0 Å². The maximum absolute atomic E-state index is 11.8. The summed E-state index contributed by atoms with van der Waals surface area (Å²) in [5.74, 6) is 0.605. The predicted molar refractivity (Wildman–Crippen MR) is 124 cm³/mol. The number of carbonyl (C=O) groups is 1. The standard InChI is InChI=1S/C20H33N5O2.HI/c1-16(17-7-5-4-6-8-17)25-12-9-18(10-13-25)24-20(21-2)23-15-19(26)22-11-14-27-3;/h4-8,16,18H,9-15H2,1-3H3,(H,22,26)(H2,21,23,24);1H. The second-order valence-corrected chi connectivity index (χ2v) is 6.81. The van der Waals surface area contributed by atoms with Gasteiger partial charge in [0, 0.05) is 45.9 Å². The largest absolute Gasteiger partial charge is 0.383 e. The number of guanidine groups is 1. The molecule has 28 heavy (non-hydrogen) atoms. The van der Waals surface area contributed by atoms with Crippen LogP contribution in [0.1, 0.15) is 31.4 Å². The van der Waals surface area contributed by atoms with Gasteiger partial charge in [-0.05, 0) is 25.3 Å². The van der Waals surface area contributed by atoms with Gasteiger partial charge in [-0.2, -0.15) is 0 Å². The average Bonchev–Trinajstić information content (AvgIpc) is 2.72. The normalized spacial score (nSPS) is 16.8. The molecular weight excluding hydrogens is 469 g/mol. The molecule has 1 unspecified atom stereocenters. The van der Waals surface area contributed by atoms with Crippen LogP contribution in [0.5, 0.6) is 0 Å². The van der Waals surface area contributed by atoms with Crippen LogP contribution >= 0.6 is 24.0 Å². The van der Waals surface area contributed by atoms with Crippen LogP contribution in [0.2, 0.25) is 0 Å². The number of piperidine rings is 1. The molecular formula is C20H34IN5O2. The van der Waals surface area contributed by atoms with E-state index in [9.17, 15) is 4.79 Å². The van der Waals surface area contributed by atoms with E-state index in [1.165, 1.54) is 5.56 Å².